The van der Waals surface area contributed by atoms with E-state index in [1.807, 2.05) is 0 Å². The highest BCUT2D eigenvalue weighted by atomic mass is 32.1. The lowest BCUT2D eigenvalue weighted by Gasteiger charge is -2.15. The third-order valence-corrected chi connectivity index (χ3v) is 3.47. The highest BCUT2D eigenvalue weighted by molar-refractivity contribution is 7.13. The first-order valence-corrected chi connectivity index (χ1v) is 8.18. The van der Waals surface area contributed by atoms with Gasteiger partial charge in [-0.15, -0.1) is 21.5 Å². The smallest absolute Gasteiger partial charge is 0.373 e. The molecule has 0 atom stereocenters. The minimum Gasteiger partial charge on any atom is -0.419 e. The zero-order valence-corrected chi connectivity index (χ0v) is 15.3. The van der Waals surface area contributed by atoms with Gasteiger partial charge in [0.15, 0.2) is 5.01 Å². The molecule has 126 valence electrons. The molecule has 0 aromatic carbocycles. The maximum absolute atomic E-state index is 8.12. The van der Waals surface area contributed by atoms with Crippen LogP contribution >= 0.6 is 11.3 Å². The van der Waals surface area contributed by atoms with Crippen LogP contribution in [0.25, 0.3) is 10.9 Å². The van der Waals surface area contributed by atoms with Crippen molar-refractivity contribution in [3.63, 3.8) is 0 Å². The molecular formula is C16H23N3O3S. The van der Waals surface area contributed by atoms with Gasteiger partial charge in [0.25, 0.3) is 5.89 Å². The second-order valence-corrected chi connectivity index (χ2v) is 8.56. The molecule has 0 unspecified atom stereocenters. The Bertz CT molecular complexity index is 604. The number of thiazole rings is 1. The van der Waals surface area contributed by atoms with Gasteiger partial charge in [-0.2, -0.15) is 9.59 Å². The predicted molar refractivity (Wildman–Crippen MR) is 86.7 cm³/mol. The molecule has 0 N–H and O–H groups in total. The molecule has 2 heterocycles. The molecule has 0 aliphatic rings. The van der Waals surface area contributed by atoms with Crippen molar-refractivity contribution in [3.8, 4) is 10.9 Å². The molecule has 0 bridgehead atoms. The summed E-state index contributed by atoms with van der Waals surface area (Å²) in [7, 11) is 0. The highest BCUT2D eigenvalue weighted by Gasteiger charge is 2.19. The second-order valence-electron chi connectivity index (χ2n) is 7.70. The molecule has 23 heavy (non-hydrogen) atoms. The average Bonchev–Trinajstić information content (AvgIpc) is 2.95. The first-order valence-electron chi connectivity index (χ1n) is 7.30. The van der Waals surface area contributed by atoms with Crippen LogP contribution in [0.15, 0.2) is 9.80 Å². The zero-order valence-electron chi connectivity index (χ0n) is 14.5. The van der Waals surface area contributed by atoms with E-state index in [9.17, 15) is 0 Å². The number of rotatable bonds is 3. The van der Waals surface area contributed by atoms with Crippen LogP contribution in [-0.4, -0.2) is 21.3 Å². The maximum atomic E-state index is 8.12. The molecule has 2 aromatic heterocycles. The van der Waals surface area contributed by atoms with Crippen molar-refractivity contribution in [1.29, 1.82) is 0 Å². The summed E-state index contributed by atoms with van der Waals surface area (Å²) in [5, 5.41) is 11.1. The molecule has 0 radical (unpaired) electrons. The average molecular weight is 337 g/mol. The van der Waals surface area contributed by atoms with Crippen LogP contribution < -0.4 is 0 Å². The van der Waals surface area contributed by atoms with E-state index in [0.717, 1.165) is 23.5 Å². The minimum atomic E-state index is 0.143. The van der Waals surface area contributed by atoms with Crippen LogP contribution in [-0.2, 0) is 22.4 Å². The van der Waals surface area contributed by atoms with Gasteiger partial charge in [-0.05, 0) is 17.3 Å². The lowest BCUT2D eigenvalue weighted by atomic mass is 9.91. The Balaban J connectivity index is 0.000000816. The first kappa shape index (κ1) is 19.2. The Morgan fingerprint density at radius 3 is 2.13 bits per heavy atom. The SMILES string of the molecule is CC(C)(C)Cc1csc(-c2nnc(CC(C)(C)C)o2)n1.O=C=O. The number of carbonyl (C=O) groups excluding carboxylic acids is 2. The van der Waals surface area contributed by atoms with Crippen molar-refractivity contribution in [2.24, 2.45) is 10.8 Å². The van der Waals surface area contributed by atoms with Crippen LogP contribution in [0.3, 0.4) is 0 Å². The molecule has 0 aliphatic heterocycles. The Morgan fingerprint density at radius 2 is 1.61 bits per heavy atom. The maximum Gasteiger partial charge on any atom is 0.373 e. The van der Waals surface area contributed by atoms with E-state index >= 15 is 0 Å². The molecule has 0 aliphatic carbocycles. The lowest BCUT2D eigenvalue weighted by Crippen LogP contribution is -2.09. The van der Waals surface area contributed by atoms with Gasteiger partial charge in [-0.25, -0.2) is 4.98 Å². The Morgan fingerprint density at radius 1 is 1.04 bits per heavy atom. The number of aromatic nitrogens is 3. The van der Waals surface area contributed by atoms with Gasteiger partial charge in [0.1, 0.15) is 0 Å². The van der Waals surface area contributed by atoms with E-state index in [4.69, 9.17) is 14.0 Å². The van der Waals surface area contributed by atoms with Crippen LogP contribution in [0, 0.1) is 10.8 Å². The summed E-state index contributed by atoms with van der Waals surface area (Å²) in [5.41, 5.74) is 1.47. The Hall–Kier alpha value is -1.85. The number of hydrogen-bond acceptors (Lipinski definition) is 7. The van der Waals surface area contributed by atoms with E-state index in [0.29, 0.717) is 11.8 Å². The van der Waals surface area contributed by atoms with Crippen molar-refractivity contribution in [2.75, 3.05) is 0 Å². The molecule has 0 saturated carbocycles. The van der Waals surface area contributed by atoms with Gasteiger partial charge >= 0.3 is 6.15 Å². The standard InChI is InChI=1S/C15H23N3OS.CO2/c1-14(2,3)7-10-9-20-13(16-10)12-18-17-11(19-12)8-15(4,5)6;2-1-3/h9H,7-8H2,1-6H3;. The summed E-state index contributed by atoms with van der Waals surface area (Å²) in [5.74, 6) is 1.22. The van der Waals surface area contributed by atoms with Crippen molar-refractivity contribution in [1.82, 2.24) is 15.2 Å². The zero-order chi connectivity index (χ0) is 17.7. The summed E-state index contributed by atoms with van der Waals surface area (Å²) in [6.07, 6.45) is 1.98. The molecule has 0 amide bonds. The Labute approximate surface area is 140 Å². The lowest BCUT2D eigenvalue weighted by molar-refractivity contribution is -0.191. The fraction of sp³-hybridized carbons (Fsp3) is 0.625. The molecule has 2 rings (SSSR count). The van der Waals surface area contributed by atoms with Gasteiger partial charge < -0.3 is 4.42 Å². The van der Waals surface area contributed by atoms with Crippen molar-refractivity contribution in [2.45, 2.75) is 54.4 Å². The van der Waals surface area contributed by atoms with Gasteiger partial charge in [0.05, 0.1) is 5.69 Å². The van der Waals surface area contributed by atoms with Gasteiger partial charge in [-0.3, -0.25) is 0 Å². The topological polar surface area (TPSA) is 85.9 Å². The monoisotopic (exact) mass is 337 g/mol. The van der Waals surface area contributed by atoms with E-state index in [-0.39, 0.29) is 17.0 Å². The van der Waals surface area contributed by atoms with Gasteiger partial charge in [0, 0.05) is 11.8 Å². The summed E-state index contributed by atoms with van der Waals surface area (Å²) in [6, 6.07) is 0. The first-order chi connectivity index (χ1) is 10.5. The second kappa shape index (κ2) is 7.62. The molecule has 0 spiro atoms. The molecular weight excluding hydrogens is 314 g/mol. The van der Waals surface area contributed by atoms with Gasteiger partial charge in [0.2, 0.25) is 5.89 Å². The predicted octanol–water partition coefficient (Wildman–Crippen LogP) is 3.79. The van der Waals surface area contributed by atoms with Crippen LogP contribution in [0.1, 0.15) is 53.1 Å². The van der Waals surface area contributed by atoms with E-state index in [2.05, 4.69) is 62.1 Å². The number of hydrogen-bond donors (Lipinski definition) is 0. The quantitative estimate of drug-likeness (QED) is 0.847. The fourth-order valence-electron chi connectivity index (χ4n) is 1.89. The van der Waals surface area contributed by atoms with Crippen molar-refractivity contribution in [3.05, 3.63) is 17.0 Å². The fourth-order valence-corrected chi connectivity index (χ4v) is 2.63. The molecule has 6 nitrogen and oxygen atoms in total. The molecule has 0 fully saturated rings. The van der Waals surface area contributed by atoms with Crippen LogP contribution in [0.2, 0.25) is 0 Å². The summed E-state index contributed by atoms with van der Waals surface area (Å²) >= 11 is 1.57. The van der Waals surface area contributed by atoms with E-state index < -0.39 is 0 Å². The third-order valence-electron chi connectivity index (χ3n) is 2.59. The van der Waals surface area contributed by atoms with Crippen molar-refractivity contribution < 1.29 is 14.0 Å². The summed E-state index contributed by atoms with van der Waals surface area (Å²) in [6.45, 7) is 13.1. The third kappa shape index (κ3) is 7.30. The minimum absolute atomic E-state index is 0.143. The van der Waals surface area contributed by atoms with Crippen LogP contribution in [0.5, 0.6) is 0 Å². The molecule has 0 saturated heterocycles. The van der Waals surface area contributed by atoms with E-state index in [1.165, 1.54) is 0 Å². The van der Waals surface area contributed by atoms with Crippen LogP contribution in [0.4, 0.5) is 0 Å². The summed E-state index contributed by atoms with van der Waals surface area (Å²) in [4.78, 5) is 20.8. The summed E-state index contributed by atoms with van der Waals surface area (Å²) < 4.78 is 5.71. The normalized spacial score (nSPS) is 11.6. The molecule has 7 heteroatoms. The van der Waals surface area contributed by atoms with Crippen molar-refractivity contribution >= 4 is 17.5 Å². The highest BCUT2D eigenvalue weighted by Crippen LogP contribution is 2.28. The Kier molecular flexibility index (Phi) is 6.36. The molecule has 2 aromatic rings. The number of nitrogens with zero attached hydrogens (tertiary/aromatic N) is 3. The van der Waals surface area contributed by atoms with Gasteiger partial charge in [-0.1, -0.05) is 41.5 Å². The largest absolute Gasteiger partial charge is 0.419 e. The van der Waals surface area contributed by atoms with E-state index in [1.54, 1.807) is 11.3 Å².